The van der Waals surface area contributed by atoms with Crippen molar-refractivity contribution in [3.8, 4) is 0 Å². The Morgan fingerprint density at radius 3 is 1.57 bits per heavy atom. The van der Waals surface area contributed by atoms with Gasteiger partial charge in [-0.05, 0) is 27.2 Å². The lowest BCUT2D eigenvalue weighted by Gasteiger charge is -2.28. The quantitative estimate of drug-likeness (QED) is 0.433. The van der Waals surface area contributed by atoms with Crippen LogP contribution in [0.1, 0.15) is 66.7 Å². The van der Waals surface area contributed by atoms with Gasteiger partial charge in [0.25, 0.3) is 0 Å². The van der Waals surface area contributed by atoms with Crippen LogP contribution in [0.15, 0.2) is 0 Å². The van der Waals surface area contributed by atoms with Crippen LogP contribution in [0.4, 0.5) is 0 Å². The summed E-state index contributed by atoms with van der Waals surface area (Å²) in [5.41, 5.74) is 0. The van der Waals surface area contributed by atoms with Crippen molar-refractivity contribution >= 4 is 14.8 Å². The molecule has 0 spiro atoms. The number of rotatable bonds is 12. The fourth-order valence-corrected chi connectivity index (χ4v) is 4.46. The molecule has 0 rings (SSSR count). The molecule has 0 aromatic heterocycles. The molecule has 0 saturated carbocycles. The van der Waals surface area contributed by atoms with Crippen LogP contribution in [0, 0.1) is 0 Å². The van der Waals surface area contributed by atoms with Gasteiger partial charge in [0, 0.05) is 32.3 Å². The van der Waals surface area contributed by atoms with E-state index in [9.17, 15) is 4.79 Å². The van der Waals surface area contributed by atoms with Crippen LogP contribution in [0.2, 0.25) is 6.04 Å². The number of unbranched alkanes of at least 4 members (excludes halogenated alkanes) is 3. The average molecular weight is 323 g/mol. The first kappa shape index (κ1) is 22.8. The van der Waals surface area contributed by atoms with Crippen molar-refractivity contribution in [2.45, 2.75) is 72.8 Å². The van der Waals surface area contributed by atoms with E-state index in [0.717, 1.165) is 12.5 Å². The molecule has 0 atom stereocenters. The predicted octanol–water partition coefficient (Wildman–Crippen LogP) is 4.10. The lowest BCUT2D eigenvalue weighted by Crippen LogP contribution is -2.45. The zero-order valence-corrected chi connectivity index (χ0v) is 15.4. The first-order valence-corrected chi connectivity index (χ1v) is 10.1. The number of hydrogen-bond acceptors (Lipinski definition) is 4. The first-order valence-electron chi connectivity index (χ1n) is 8.15. The van der Waals surface area contributed by atoms with Gasteiger partial charge in [-0.15, -0.1) is 0 Å². The smallest absolute Gasteiger partial charge is 0.481 e. The van der Waals surface area contributed by atoms with Crippen molar-refractivity contribution in [3.63, 3.8) is 0 Å². The molecule has 0 aliphatic heterocycles. The zero-order valence-electron chi connectivity index (χ0n) is 14.4. The molecular weight excluding hydrogens is 288 g/mol. The zero-order chi connectivity index (χ0) is 16.6. The maximum absolute atomic E-state index is 9.37. The van der Waals surface area contributed by atoms with E-state index in [1.165, 1.54) is 19.3 Å². The Kier molecular flexibility index (Phi) is 17.3. The van der Waals surface area contributed by atoms with Crippen molar-refractivity contribution < 1.29 is 23.2 Å². The van der Waals surface area contributed by atoms with E-state index in [4.69, 9.17) is 18.4 Å². The van der Waals surface area contributed by atoms with Gasteiger partial charge in [0.1, 0.15) is 0 Å². The van der Waals surface area contributed by atoms with Crippen LogP contribution in [0.5, 0.6) is 0 Å². The minimum Gasteiger partial charge on any atom is -0.481 e. The summed E-state index contributed by atoms with van der Waals surface area (Å²) in [4.78, 5) is 9.37. The topological polar surface area (TPSA) is 65.0 Å². The van der Waals surface area contributed by atoms with Crippen LogP contribution >= 0.6 is 0 Å². The largest absolute Gasteiger partial charge is 0.500 e. The highest BCUT2D eigenvalue weighted by molar-refractivity contribution is 6.60. The van der Waals surface area contributed by atoms with Gasteiger partial charge in [-0.25, -0.2) is 0 Å². The molecule has 6 heteroatoms. The maximum Gasteiger partial charge on any atom is 0.500 e. The van der Waals surface area contributed by atoms with E-state index < -0.39 is 14.8 Å². The summed E-state index contributed by atoms with van der Waals surface area (Å²) in [6.07, 6.45) is 5.17. The highest BCUT2D eigenvalue weighted by Crippen LogP contribution is 2.20. The molecule has 0 heterocycles. The monoisotopic (exact) mass is 322 g/mol. The van der Waals surface area contributed by atoms with Crippen LogP contribution in [0.3, 0.4) is 0 Å². The molecule has 1 N–H and O–H groups in total. The fraction of sp³-hybridized carbons (Fsp3) is 0.933. The van der Waals surface area contributed by atoms with E-state index >= 15 is 0 Å². The van der Waals surface area contributed by atoms with Crippen molar-refractivity contribution in [2.75, 3.05) is 19.8 Å². The number of carboxylic acids is 1. The summed E-state index contributed by atoms with van der Waals surface area (Å²) < 4.78 is 17.4. The fourth-order valence-electron chi connectivity index (χ4n) is 1.77. The Morgan fingerprint density at radius 2 is 1.29 bits per heavy atom. The Morgan fingerprint density at radius 1 is 0.857 bits per heavy atom. The molecule has 0 aromatic rings. The number of aliphatic carboxylic acids is 1. The molecule has 0 saturated heterocycles. The number of carboxylic acid groups (broad SMARTS) is 1. The number of hydrogen-bond donors (Lipinski definition) is 1. The standard InChI is InChI=1S/C12H28O3Si.C3H6O2/c1-5-9-10-11-12-16(13-6-2,14-7-3)15-8-4;1-2-3(4)5/h5-12H2,1-4H3;2H2,1H3,(H,4,5). The minimum absolute atomic E-state index is 0.222. The van der Waals surface area contributed by atoms with Gasteiger partial charge < -0.3 is 18.4 Å². The van der Waals surface area contributed by atoms with E-state index in [-0.39, 0.29) is 6.42 Å². The van der Waals surface area contributed by atoms with E-state index in [1.807, 2.05) is 20.8 Å². The molecule has 0 amide bonds. The van der Waals surface area contributed by atoms with E-state index in [1.54, 1.807) is 6.92 Å². The summed E-state index contributed by atoms with van der Waals surface area (Å²) in [6.45, 7) is 11.9. The highest BCUT2D eigenvalue weighted by Gasteiger charge is 2.39. The molecular formula is C15H34O5Si. The van der Waals surface area contributed by atoms with Crippen molar-refractivity contribution in [3.05, 3.63) is 0 Å². The van der Waals surface area contributed by atoms with Crippen molar-refractivity contribution in [1.29, 1.82) is 0 Å². The molecule has 0 aromatic carbocycles. The van der Waals surface area contributed by atoms with Gasteiger partial charge in [0.15, 0.2) is 0 Å². The summed E-state index contributed by atoms with van der Waals surface area (Å²) in [5, 5.41) is 7.72. The van der Waals surface area contributed by atoms with Crippen molar-refractivity contribution in [1.82, 2.24) is 0 Å². The third-order valence-electron chi connectivity index (χ3n) is 2.73. The van der Waals surface area contributed by atoms with Gasteiger partial charge in [-0.3, -0.25) is 4.79 Å². The second-order valence-corrected chi connectivity index (χ2v) is 7.27. The molecule has 0 bridgehead atoms. The lowest BCUT2D eigenvalue weighted by atomic mass is 10.2. The third-order valence-corrected chi connectivity index (χ3v) is 5.88. The second kappa shape index (κ2) is 15.9. The summed E-state index contributed by atoms with van der Waals surface area (Å²) in [7, 11) is -2.35. The Balaban J connectivity index is 0. The van der Waals surface area contributed by atoms with Gasteiger partial charge in [0.05, 0.1) is 0 Å². The first-order chi connectivity index (χ1) is 10.0. The van der Waals surface area contributed by atoms with Gasteiger partial charge in [0.2, 0.25) is 0 Å². The second-order valence-electron chi connectivity index (χ2n) is 4.54. The van der Waals surface area contributed by atoms with Gasteiger partial charge in [-0.1, -0.05) is 33.1 Å². The molecule has 0 fully saturated rings. The SMILES string of the molecule is CCC(=O)O.CCCCCC[Si](OCC)(OCC)OCC. The van der Waals surface area contributed by atoms with Crippen LogP contribution in [-0.4, -0.2) is 39.7 Å². The Labute approximate surface area is 131 Å². The Bertz CT molecular complexity index is 219. The van der Waals surface area contributed by atoms with E-state index in [2.05, 4.69) is 6.92 Å². The average Bonchev–Trinajstić information content (AvgIpc) is 2.45. The molecule has 0 unspecified atom stereocenters. The maximum atomic E-state index is 9.37. The Hall–Kier alpha value is -0.433. The normalized spacial score (nSPS) is 10.9. The van der Waals surface area contributed by atoms with Crippen LogP contribution in [0.25, 0.3) is 0 Å². The predicted molar refractivity (Wildman–Crippen MR) is 87.5 cm³/mol. The molecule has 0 aliphatic carbocycles. The molecule has 5 nitrogen and oxygen atoms in total. The summed E-state index contributed by atoms with van der Waals surface area (Å²) in [6, 6.07) is 0.961. The molecule has 0 radical (unpaired) electrons. The molecule has 21 heavy (non-hydrogen) atoms. The molecule has 128 valence electrons. The summed E-state index contributed by atoms with van der Waals surface area (Å²) >= 11 is 0. The van der Waals surface area contributed by atoms with Crippen LogP contribution in [-0.2, 0) is 18.1 Å². The molecule has 0 aliphatic rings. The number of carbonyl (C=O) groups is 1. The van der Waals surface area contributed by atoms with Gasteiger partial charge in [-0.2, -0.15) is 0 Å². The van der Waals surface area contributed by atoms with Crippen molar-refractivity contribution in [2.24, 2.45) is 0 Å². The highest BCUT2D eigenvalue weighted by atomic mass is 28.4. The minimum atomic E-state index is -2.35. The summed E-state index contributed by atoms with van der Waals surface area (Å²) in [5.74, 6) is -0.745. The van der Waals surface area contributed by atoms with Gasteiger partial charge >= 0.3 is 14.8 Å². The van der Waals surface area contributed by atoms with E-state index in [0.29, 0.717) is 19.8 Å². The lowest BCUT2D eigenvalue weighted by molar-refractivity contribution is -0.136. The van der Waals surface area contributed by atoms with Crippen LogP contribution < -0.4 is 0 Å². The third kappa shape index (κ3) is 14.3.